The normalized spacial score (nSPS) is 27.1. The number of amides is 1. The molecule has 1 spiro atoms. The van der Waals surface area contributed by atoms with Gasteiger partial charge in [-0.3, -0.25) is 9.89 Å². The molecule has 4 N–H and O–H groups in total. The van der Waals surface area contributed by atoms with Crippen LogP contribution >= 0.6 is 12.4 Å². The topological polar surface area (TPSA) is 143 Å². The van der Waals surface area contributed by atoms with Crippen molar-refractivity contribution in [3.63, 3.8) is 0 Å². The van der Waals surface area contributed by atoms with E-state index in [9.17, 15) is 9.90 Å². The zero-order valence-electron chi connectivity index (χ0n) is 14.9. The first kappa shape index (κ1) is 19.7. The summed E-state index contributed by atoms with van der Waals surface area (Å²) in [5, 5.41) is 34.9. The maximum absolute atomic E-state index is 12.9. The van der Waals surface area contributed by atoms with E-state index < -0.39 is 17.2 Å². The molecule has 2 saturated heterocycles. The molecule has 0 aromatic carbocycles. The summed E-state index contributed by atoms with van der Waals surface area (Å²) < 4.78 is 7.31. The van der Waals surface area contributed by atoms with Crippen molar-refractivity contribution >= 4 is 18.3 Å². The predicted octanol–water partition coefficient (Wildman–Crippen LogP) is -0.801. The number of ether oxygens (including phenoxy) is 1. The summed E-state index contributed by atoms with van der Waals surface area (Å²) in [7, 11) is 0. The molecule has 2 aromatic heterocycles. The number of hydrogen-bond donors (Lipinski definition) is 4. The Morgan fingerprint density at radius 2 is 2.19 bits per heavy atom. The van der Waals surface area contributed by atoms with E-state index in [1.54, 1.807) is 0 Å². The molecular formula is C15H23ClN8O3. The van der Waals surface area contributed by atoms with E-state index in [-0.39, 0.29) is 18.3 Å². The molecule has 27 heavy (non-hydrogen) atoms. The average Bonchev–Trinajstić information content (AvgIpc) is 3.31. The lowest BCUT2D eigenvalue weighted by molar-refractivity contribution is -0.197. The van der Waals surface area contributed by atoms with E-state index in [2.05, 4.69) is 36.4 Å². The molecule has 2 aliphatic rings. The van der Waals surface area contributed by atoms with Crippen molar-refractivity contribution in [1.82, 2.24) is 41.0 Å². The Bertz CT molecular complexity index is 770. The molecule has 2 aliphatic heterocycles. The molecule has 0 radical (unpaired) electrons. The van der Waals surface area contributed by atoms with E-state index in [0.717, 1.165) is 13.1 Å². The number of aromatic amines is 1. The fourth-order valence-electron chi connectivity index (χ4n) is 3.87. The van der Waals surface area contributed by atoms with Crippen LogP contribution in [0.15, 0.2) is 12.5 Å². The van der Waals surface area contributed by atoms with Crippen LogP contribution in [0.3, 0.4) is 0 Å². The molecule has 11 nitrogen and oxygen atoms in total. The Labute approximate surface area is 161 Å². The quantitative estimate of drug-likeness (QED) is 0.526. The van der Waals surface area contributed by atoms with E-state index in [1.165, 1.54) is 17.2 Å². The average molecular weight is 399 g/mol. The summed E-state index contributed by atoms with van der Waals surface area (Å²) in [6.07, 6.45) is 3.93. The van der Waals surface area contributed by atoms with Crippen molar-refractivity contribution in [3.8, 4) is 5.82 Å². The highest BCUT2D eigenvalue weighted by Crippen LogP contribution is 2.38. The highest BCUT2D eigenvalue weighted by atomic mass is 35.5. The minimum Gasteiger partial charge on any atom is -0.388 e. The number of tetrazole rings is 1. The van der Waals surface area contributed by atoms with Crippen LogP contribution < -0.4 is 10.6 Å². The Balaban J connectivity index is 0.00000210. The maximum Gasteiger partial charge on any atom is 0.257 e. The molecule has 2 aromatic rings. The van der Waals surface area contributed by atoms with E-state index in [0.29, 0.717) is 37.3 Å². The fraction of sp³-hybridized carbons (Fsp3) is 0.667. The number of rotatable bonds is 3. The second kappa shape index (κ2) is 7.50. The lowest BCUT2D eigenvalue weighted by Gasteiger charge is -2.52. The molecule has 148 valence electrons. The summed E-state index contributed by atoms with van der Waals surface area (Å²) in [5.41, 5.74) is -1.13. The van der Waals surface area contributed by atoms with Gasteiger partial charge in [-0.1, -0.05) is 0 Å². The molecule has 0 saturated carbocycles. The van der Waals surface area contributed by atoms with Crippen molar-refractivity contribution in [3.05, 3.63) is 18.1 Å². The van der Waals surface area contributed by atoms with Crippen molar-refractivity contribution < 1.29 is 14.6 Å². The lowest BCUT2D eigenvalue weighted by Crippen LogP contribution is -2.69. The third kappa shape index (κ3) is 3.43. The molecule has 0 unspecified atom stereocenters. The van der Waals surface area contributed by atoms with E-state index in [1.807, 2.05) is 6.92 Å². The van der Waals surface area contributed by atoms with Crippen molar-refractivity contribution in [1.29, 1.82) is 0 Å². The maximum atomic E-state index is 12.9. The van der Waals surface area contributed by atoms with Crippen LogP contribution in [0.25, 0.3) is 5.82 Å². The number of piperidine rings is 1. The largest absolute Gasteiger partial charge is 0.388 e. The van der Waals surface area contributed by atoms with Gasteiger partial charge < -0.3 is 20.5 Å². The van der Waals surface area contributed by atoms with Gasteiger partial charge in [-0.2, -0.15) is 9.78 Å². The van der Waals surface area contributed by atoms with Crippen molar-refractivity contribution in [2.45, 2.75) is 43.4 Å². The summed E-state index contributed by atoms with van der Waals surface area (Å²) in [5.74, 6) is 0.0195. The van der Waals surface area contributed by atoms with Gasteiger partial charge >= 0.3 is 0 Å². The van der Waals surface area contributed by atoms with Crippen LogP contribution in [-0.4, -0.2) is 78.4 Å². The first-order chi connectivity index (χ1) is 12.5. The molecule has 12 heteroatoms. The standard InChI is InChI=1S/C15H22N8O3.ClH/c1-14(4-7-26-15(13(14)25)2-5-16-6-3-15)19-12(24)10-8-17-20-11(10)23-9-18-21-22-23;/h8-9,13,16,25H,2-7H2,1H3,(H,17,20)(H,19,24);1H/t13-,14+;/m0./s1. The Morgan fingerprint density at radius 3 is 2.89 bits per heavy atom. The van der Waals surface area contributed by atoms with Crippen molar-refractivity contribution in [2.75, 3.05) is 19.7 Å². The third-order valence-electron chi connectivity index (χ3n) is 5.40. The zero-order valence-corrected chi connectivity index (χ0v) is 15.7. The monoisotopic (exact) mass is 398 g/mol. The minimum absolute atomic E-state index is 0. The van der Waals surface area contributed by atoms with Gasteiger partial charge in [0.15, 0.2) is 5.82 Å². The zero-order chi connectivity index (χ0) is 18.2. The Kier molecular flexibility index (Phi) is 5.47. The van der Waals surface area contributed by atoms with Gasteiger partial charge in [-0.15, -0.1) is 17.5 Å². The van der Waals surface area contributed by atoms with Crippen LogP contribution in [0.4, 0.5) is 0 Å². The number of halogens is 1. The van der Waals surface area contributed by atoms with Crippen LogP contribution in [0.5, 0.6) is 0 Å². The van der Waals surface area contributed by atoms with Crippen molar-refractivity contribution in [2.24, 2.45) is 0 Å². The molecule has 4 rings (SSSR count). The van der Waals surface area contributed by atoms with Gasteiger partial charge in [0, 0.05) is 6.61 Å². The summed E-state index contributed by atoms with van der Waals surface area (Å²) in [6.45, 7) is 3.91. The second-order valence-corrected chi connectivity index (χ2v) is 7.07. The molecule has 2 fully saturated rings. The molecule has 0 bridgehead atoms. The van der Waals surface area contributed by atoms with Gasteiger partial charge in [0.1, 0.15) is 18.0 Å². The van der Waals surface area contributed by atoms with Crippen LogP contribution in [0.2, 0.25) is 0 Å². The number of aliphatic hydroxyl groups is 1. The number of carbonyl (C=O) groups is 1. The van der Waals surface area contributed by atoms with Crippen LogP contribution in [0, 0.1) is 0 Å². The number of nitrogens with zero attached hydrogens (tertiary/aromatic N) is 5. The predicted molar refractivity (Wildman–Crippen MR) is 95.8 cm³/mol. The highest BCUT2D eigenvalue weighted by molar-refractivity contribution is 5.97. The van der Waals surface area contributed by atoms with E-state index in [4.69, 9.17) is 4.74 Å². The molecular weight excluding hydrogens is 376 g/mol. The van der Waals surface area contributed by atoms with Gasteiger partial charge in [0.25, 0.3) is 5.91 Å². The number of aromatic nitrogens is 6. The molecule has 2 atom stereocenters. The minimum atomic E-state index is -0.807. The fourth-order valence-corrected chi connectivity index (χ4v) is 3.87. The lowest BCUT2D eigenvalue weighted by atomic mass is 9.73. The number of nitrogens with one attached hydrogen (secondary N) is 3. The highest BCUT2D eigenvalue weighted by Gasteiger charge is 2.53. The van der Waals surface area contributed by atoms with Crippen LogP contribution in [0.1, 0.15) is 36.5 Å². The summed E-state index contributed by atoms with van der Waals surface area (Å²) in [6, 6.07) is 0. The third-order valence-corrected chi connectivity index (χ3v) is 5.40. The first-order valence-electron chi connectivity index (χ1n) is 8.66. The summed E-state index contributed by atoms with van der Waals surface area (Å²) >= 11 is 0. The van der Waals surface area contributed by atoms with Crippen LogP contribution in [-0.2, 0) is 4.74 Å². The van der Waals surface area contributed by atoms with Gasteiger partial charge in [0.05, 0.1) is 17.3 Å². The van der Waals surface area contributed by atoms with Gasteiger partial charge in [-0.25, -0.2) is 0 Å². The molecule has 4 heterocycles. The van der Waals surface area contributed by atoms with Gasteiger partial charge in [-0.05, 0) is 49.7 Å². The Morgan fingerprint density at radius 1 is 1.41 bits per heavy atom. The van der Waals surface area contributed by atoms with E-state index >= 15 is 0 Å². The Hall–Kier alpha value is -2.08. The smallest absolute Gasteiger partial charge is 0.257 e. The number of aliphatic hydroxyl groups excluding tert-OH is 1. The second-order valence-electron chi connectivity index (χ2n) is 7.07. The number of H-pyrrole nitrogens is 1. The first-order valence-corrected chi connectivity index (χ1v) is 8.66. The SMILES string of the molecule is C[C@@]1(NC(=O)c2cn[nH]c2-n2cnnn2)CCOC2(CCNCC2)[C@H]1O.Cl. The molecule has 1 amide bonds. The number of hydrogen-bond acceptors (Lipinski definition) is 8. The molecule has 0 aliphatic carbocycles. The number of carbonyl (C=O) groups excluding carboxylic acids is 1. The summed E-state index contributed by atoms with van der Waals surface area (Å²) in [4.78, 5) is 12.9. The van der Waals surface area contributed by atoms with Gasteiger partial charge in [0.2, 0.25) is 0 Å².